The average molecular weight is 514 g/mol. The van der Waals surface area contributed by atoms with Crippen molar-refractivity contribution in [1.82, 2.24) is 5.32 Å². The molecule has 0 bridgehead atoms. The monoisotopic (exact) mass is 513 g/mol. The molecule has 2 saturated carbocycles. The van der Waals surface area contributed by atoms with Crippen molar-refractivity contribution < 1.29 is 13.9 Å². The quantitative estimate of drug-likeness (QED) is 0.188. The Morgan fingerprint density at radius 2 is 1.97 bits per heavy atom. The van der Waals surface area contributed by atoms with E-state index in [-0.39, 0.29) is 40.1 Å². The van der Waals surface area contributed by atoms with E-state index in [4.69, 9.17) is 39.4 Å². The Labute approximate surface area is 214 Å². The van der Waals surface area contributed by atoms with Crippen molar-refractivity contribution in [3.63, 3.8) is 0 Å². The number of rotatable bonds is 8. The van der Waals surface area contributed by atoms with Crippen molar-refractivity contribution in [2.75, 3.05) is 6.54 Å². The number of nitrogens with one attached hydrogen (secondary N) is 1. The lowest BCUT2D eigenvalue weighted by molar-refractivity contribution is -0.117. The molecule has 0 aromatic heterocycles. The summed E-state index contributed by atoms with van der Waals surface area (Å²) in [7, 11) is 0. The second kappa shape index (κ2) is 11.1. The molecule has 0 heterocycles. The molecule has 8 heteroatoms. The summed E-state index contributed by atoms with van der Waals surface area (Å²) < 4.78 is 20.9. The van der Waals surface area contributed by atoms with Gasteiger partial charge in [-0.05, 0) is 67.4 Å². The van der Waals surface area contributed by atoms with Crippen molar-refractivity contribution in [2.45, 2.75) is 37.8 Å². The third-order valence-corrected chi connectivity index (χ3v) is 6.32. The molecule has 1 atom stereocenters. The van der Waals surface area contributed by atoms with Gasteiger partial charge in [0.15, 0.2) is 5.76 Å². The summed E-state index contributed by atoms with van der Waals surface area (Å²) in [4.78, 5) is 13.2. The van der Waals surface area contributed by atoms with E-state index in [0.29, 0.717) is 16.7 Å². The fourth-order valence-corrected chi connectivity index (χ4v) is 4.04. The van der Waals surface area contributed by atoms with Crippen molar-refractivity contribution in [2.24, 2.45) is 17.4 Å². The molecular weight excluding hydrogens is 488 g/mol. The van der Waals surface area contributed by atoms with E-state index in [1.807, 2.05) is 18.2 Å². The Balaban J connectivity index is 1.54. The first-order chi connectivity index (χ1) is 16.9. The standard InChI is InChI=1S/C27H26Cl2FN3O2/c28-19-9-10-21(22(29)13-19)23(30)15-33-27(34)26(24(32)11-6-16-4-5-16)25(14-31)35-20-3-1-2-18(12-20)17-7-8-17/h1-3,9-10,12-14,16-17,23H,4-5,7-8,15,31-32H2,(H,33,34)/b25-14+,26-24+. The van der Waals surface area contributed by atoms with Crippen LogP contribution in [-0.2, 0) is 4.79 Å². The minimum Gasteiger partial charge on any atom is -0.455 e. The summed E-state index contributed by atoms with van der Waals surface area (Å²) in [5.41, 5.74) is 13.4. The molecule has 35 heavy (non-hydrogen) atoms. The molecule has 2 fully saturated rings. The Morgan fingerprint density at radius 1 is 1.20 bits per heavy atom. The van der Waals surface area contributed by atoms with Crippen molar-refractivity contribution in [3.8, 4) is 17.6 Å². The van der Waals surface area contributed by atoms with E-state index < -0.39 is 12.1 Å². The van der Waals surface area contributed by atoms with Crippen LogP contribution in [-0.4, -0.2) is 12.5 Å². The molecule has 2 aliphatic carbocycles. The van der Waals surface area contributed by atoms with E-state index >= 15 is 0 Å². The van der Waals surface area contributed by atoms with Gasteiger partial charge in [0.05, 0.1) is 12.2 Å². The number of carbonyl (C=O) groups is 1. The first kappa shape index (κ1) is 25.0. The molecule has 1 amide bonds. The molecule has 1 unspecified atom stereocenters. The van der Waals surface area contributed by atoms with Crippen LogP contribution < -0.4 is 21.5 Å². The number of hydrogen-bond donors (Lipinski definition) is 3. The Morgan fingerprint density at radius 3 is 2.63 bits per heavy atom. The highest BCUT2D eigenvalue weighted by atomic mass is 35.5. The van der Waals surface area contributed by atoms with Gasteiger partial charge in [0.2, 0.25) is 0 Å². The van der Waals surface area contributed by atoms with Gasteiger partial charge < -0.3 is 21.5 Å². The first-order valence-corrected chi connectivity index (χ1v) is 12.2. The lowest BCUT2D eigenvalue weighted by Crippen LogP contribution is -2.32. The van der Waals surface area contributed by atoms with Crippen LogP contribution in [0.4, 0.5) is 4.39 Å². The van der Waals surface area contributed by atoms with Crippen molar-refractivity contribution in [3.05, 3.63) is 86.9 Å². The van der Waals surface area contributed by atoms with Crippen LogP contribution in [0.25, 0.3) is 0 Å². The van der Waals surface area contributed by atoms with Crippen LogP contribution in [0.5, 0.6) is 5.75 Å². The van der Waals surface area contributed by atoms with E-state index in [9.17, 15) is 9.18 Å². The smallest absolute Gasteiger partial charge is 0.258 e. The largest absolute Gasteiger partial charge is 0.455 e. The predicted molar refractivity (Wildman–Crippen MR) is 136 cm³/mol. The molecule has 5 N–H and O–H groups in total. The van der Waals surface area contributed by atoms with Crippen molar-refractivity contribution >= 4 is 29.1 Å². The number of carbonyl (C=O) groups excluding carboxylic acids is 1. The molecule has 0 radical (unpaired) electrons. The van der Waals surface area contributed by atoms with Gasteiger partial charge in [-0.3, -0.25) is 4.79 Å². The van der Waals surface area contributed by atoms with Crippen molar-refractivity contribution in [1.29, 1.82) is 0 Å². The molecular formula is C27H26Cl2FN3O2. The molecule has 5 nitrogen and oxygen atoms in total. The molecule has 182 valence electrons. The molecule has 4 rings (SSSR count). The molecule has 0 spiro atoms. The number of nitrogens with two attached hydrogens (primary N) is 2. The van der Waals surface area contributed by atoms with Crippen LogP contribution in [0.2, 0.25) is 10.0 Å². The highest BCUT2D eigenvalue weighted by molar-refractivity contribution is 6.35. The summed E-state index contributed by atoms with van der Waals surface area (Å²) in [5.74, 6) is 6.57. The molecule has 2 aromatic carbocycles. The normalized spacial score (nSPS) is 17.1. The summed E-state index contributed by atoms with van der Waals surface area (Å²) >= 11 is 12.0. The van der Waals surface area contributed by atoms with Crippen LogP contribution in [0.15, 0.2) is 65.7 Å². The minimum atomic E-state index is -1.56. The fraction of sp³-hybridized carbons (Fsp3) is 0.296. The second-order valence-corrected chi connectivity index (χ2v) is 9.50. The van der Waals surface area contributed by atoms with Crippen LogP contribution in [0.1, 0.15) is 48.9 Å². The number of alkyl halides is 1. The number of halogens is 3. The fourth-order valence-electron chi connectivity index (χ4n) is 3.52. The van der Waals surface area contributed by atoms with Gasteiger partial charge in [0.1, 0.15) is 17.5 Å². The summed E-state index contributed by atoms with van der Waals surface area (Å²) in [6.45, 7) is -0.345. The zero-order valence-corrected chi connectivity index (χ0v) is 20.5. The van der Waals surface area contributed by atoms with E-state index in [2.05, 4.69) is 17.2 Å². The van der Waals surface area contributed by atoms with Crippen LogP contribution in [0.3, 0.4) is 0 Å². The maximum atomic E-state index is 14.9. The summed E-state index contributed by atoms with van der Waals surface area (Å²) in [6, 6.07) is 12.1. The van der Waals surface area contributed by atoms with Gasteiger partial charge in [0, 0.05) is 27.7 Å². The maximum Gasteiger partial charge on any atom is 0.258 e. The van der Waals surface area contributed by atoms with E-state index in [1.165, 1.54) is 18.2 Å². The number of allylic oxidation sites excluding steroid dienone is 1. The zero-order valence-electron chi connectivity index (χ0n) is 19.0. The predicted octanol–water partition coefficient (Wildman–Crippen LogP) is 5.50. The van der Waals surface area contributed by atoms with E-state index in [1.54, 1.807) is 6.07 Å². The summed E-state index contributed by atoms with van der Waals surface area (Å²) in [5, 5.41) is 3.12. The molecule has 0 aliphatic heterocycles. The van der Waals surface area contributed by atoms with Gasteiger partial charge in [-0.25, -0.2) is 4.39 Å². The maximum absolute atomic E-state index is 14.9. The van der Waals surface area contributed by atoms with Crippen LogP contribution >= 0.6 is 23.2 Å². The lowest BCUT2D eigenvalue weighted by atomic mass is 10.1. The van der Waals surface area contributed by atoms with Gasteiger partial charge in [-0.15, -0.1) is 0 Å². The highest BCUT2D eigenvalue weighted by Crippen LogP contribution is 2.41. The Kier molecular flexibility index (Phi) is 7.90. The van der Waals surface area contributed by atoms with Crippen LogP contribution in [0, 0.1) is 17.8 Å². The minimum absolute atomic E-state index is 0.00406. The SMILES string of the molecule is N/C=C(Oc1cccc(C2CC2)c1)\C(C(=O)NCC(F)c1ccc(Cl)cc1Cl)=C(/N)C#CC1CC1. The molecule has 2 aliphatic rings. The van der Waals surface area contributed by atoms with Gasteiger partial charge in [-0.2, -0.15) is 0 Å². The Hall–Kier alpha value is -3.14. The topological polar surface area (TPSA) is 90.4 Å². The molecule has 0 saturated heterocycles. The molecule has 2 aromatic rings. The number of amides is 1. The first-order valence-electron chi connectivity index (χ1n) is 11.4. The van der Waals surface area contributed by atoms with Gasteiger partial charge in [0.25, 0.3) is 5.91 Å². The third-order valence-electron chi connectivity index (χ3n) is 5.76. The second-order valence-electron chi connectivity index (χ2n) is 8.66. The zero-order chi connectivity index (χ0) is 24.9. The average Bonchev–Trinajstić information content (AvgIpc) is 3.75. The van der Waals surface area contributed by atoms with Gasteiger partial charge >= 0.3 is 0 Å². The number of ether oxygens (including phenoxy) is 1. The lowest BCUT2D eigenvalue weighted by Gasteiger charge is -2.16. The van der Waals surface area contributed by atoms with E-state index in [0.717, 1.165) is 37.4 Å². The third kappa shape index (κ3) is 6.72. The number of benzene rings is 2. The highest BCUT2D eigenvalue weighted by Gasteiger charge is 2.26. The van der Waals surface area contributed by atoms with Gasteiger partial charge in [-0.1, -0.05) is 47.3 Å². The Bertz CT molecular complexity index is 1240. The number of hydrogen-bond acceptors (Lipinski definition) is 4. The summed E-state index contributed by atoms with van der Waals surface area (Å²) in [6.07, 6.45) is 3.87.